The van der Waals surface area contributed by atoms with Crippen LogP contribution in [-0.4, -0.2) is 76.4 Å². The van der Waals surface area contributed by atoms with E-state index in [1.807, 2.05) is 0 Å². The Bertz CT molecular complexity index is 544. The molecule has 1 heterocycles. The first-order valence-corrected chi connectivity index (χ1v) is 8.37. The quantitative estimate of drug-likeness (QED) is 0.549. The van der Waals surface area contributed by atoms with Crippen LogP contribution in [-0.2, 0) is 19.1 Å². The van der Waals surface area contributed by atoms with Crippen LogP contribution < -0.4 is 16.0 Å². The summed E-state index contributed by atoms with van der Waals surface area (Å²) in [6.07, 6.45) is 0. The smallest absolute Gasteiger partial charge is 0.238 e. The SMILES string of the molecule is COCCNCC(=O)Nc1ccc(NC(=O)CN2CCOCC2)cc1. The molecular formula is C17H26N4O4. The number of carbonyl (C=O) groups is 2. The zero-order valence-corrected chi connectivity index (χ0v) is 14.5. The molecule has 2 amide bonds. The van der Waals surface area contributed by atoms with Crippen molar-refractivity contribution >= 4 is 23.2 Å². The molecule has 1 saturated heterocycles. The Kier molecular flexibility index (Phi) is 8.33. The van der Waals surface area contributed by atoms with Gasteiger partial charge in [0.05, 0.1) is 32.9 Å². The van der Waals surface area contributed by atoms with Crippen LogP contribution in [0.2, 0.25) is 0 Å². The summed E-state index contributed by atoms with van der Waals surface area (Å²) in [4.78, 5) is 25.9. The molecule has 8 nitrogen and oxygen atoms in total. The summed E-state index contributed by atoms with van der Waals surface area (Å²) in [5.41, 5.74) is 1.39. The van der Waals surface area contributed by atoms with E-state index in [2.05, 4.69) is 20.9 Å². The molecule has 1 aliphatic rings. The van der Waals surface area contributed by atoms with Gasteiger partial charge in [0.1, 0.15) is 0 Å². The lowest BCUT2D eigenvalue weighted by Crippen LogP contribution is -2.41. The third kappa shape index (κ3) is 7.61. The van der Waals surface area contributed by atoms with E-state index in [1.54, 1.807) is 31.4 Å². The van der Waals surface area contributed by atoms with Crippen LogP contribution in [0.1, 0.15) is 0 Å². The zero-order valence-electron chi connectivity index (χ0n) is 14.5. The van der Waals surface area contributed by atoms with E-state index < -0.39 is 0 Å². The highest BCUT2D eigenvalue weighted by Gasteiger charge is 2.14. The van der Waals surface area contributed by atoms with Crippen molar-refractivity contribution in [2.75, 3.05) is 70.3 Å². The van der Waals surface area contributed by atoms with E-state index >= 15 is 0 Å². The van der Waals surface area contributed by atoms with Crippen LogP contribution in [0.15, 0.2) is 24.3 Å². The minimum absolute atomic E-state index is 0.0546. The number of morpholine rings is 1. The summed E-state index contributed by atoms with van der Waals surface area (Å²) < 4.78 is 10.2. The normalized spacial score (nSPS) is 14.9. The summed E-state index contributed by atoms with van der Waals surface area (Å²) in [5.74, 6) is -0.179. The molecule has 2 rings (SSSR count). The van der Waals surface area contributed by atoms with Crippen LogP contribution in [0.5, 0.6) is 0 Å². The predicted octanol–water partition coefficient (Wildman–Crippen LogP) is 0.132. The highest BCUT2D eigenvalue weighted by molar-refractivity contribution is 5.94. The van der Waals surface area contributed by atoms with E-state index in [-0.39, 0.29) is 18.4 Å². The Morgan fingerprint density at radius 3 is 2.28 bits per heavy atom. The number of methoxy groups -OCH3 is 1. The minimum atomic E-state index is -0.125. The molecule has 0 bridgehead atoms. The van der Waals surface area contributed by atoms with Crippen molar-refractivity contribution in [2.24, 2.45) is 0 Å². The number of nitrogens with one attached hydrogen (secondary N) is 3. The molecule has 0 aromatic heterocycles. The van der Waals surface area contributed by atoms with Gasteiger partial charge in [0.25, 0.3) is 0 Å². The maximum absolute atomic E-state index is 12.0. The molecule has 25 heavy (non-hydrogen) atoms. The molecule has 8 heteroatoms. The van der Waals surface area contributed by atoms with Crippen molar-refractivity contribution in [3.8, 4) is 0 Å². The average molecular weight is 350 g/mol. The standard InChI is InChI=1S/C17H26N4O4/c1-24-9-6-18-12-16(22)19-14-2-4-15(5-3-14)20-17(23)13-21-7-10-25-11-8-21/h2-5,18H,6-13H2,1H3,(H,19,22)(H,20,23). The molecule has 0 aliphatic carbocycles. The van der Waals surface area contributed by atoms with Crippen LogP contribution in [0.25, 0.3) is 0 Å². The van der Waals surface area contributed by atoms with E-state index in [9.17, 15) is 9.59 Å². The molecule has 3 N–H and O–H groups in total. The number of amides is 2. The van der Waals surface area contributed by atoms with Crippen LogP contribution in [0.4, 0.5) is 11.4 Å². The lowest BCUT2D eigenvalue weighted by Gasteiger charge is -2.25. The molecule has 1 aromatic rings. The van der Waals surface area contributed by atoms with Gasteiger partial charge in [-0.15, -0.1) is 0 Å². The molecule has 0 spiro atoms. The number of rotatable bonds is 9. The van der Waals surface area contributed by atoms with E-state index in [4.69, 9.17) is 9.47 Å². The first-order valence-electron chi connectivity index (χ1n) is 8.37. The summed E-state index contributed by atoms with van der Waals surface area (Å²) in [6, 6.07) is 7.06. The van der Waals surface area contributed by atoms with Crippen molar-refractivity contribution in [3.05, 3.63) is 24.3 Å². The Morgan fingerprint density at radius 1 is 1.08 bits per heavy atom. The van der Waals surface area contributed by atoms with Crippen LogP contribution in [0, 0.1) is 0 Å². The fourth-order valence-electron chi connectivity index (χ4n) is 2.38. The van der Waals surface area contributed by atoms with Crippen LogP contribution in [0.3, 0.4) is 0 Å². The highest BCUT2D eigenvalue weighted by Crippen LogP contribution is 2.13. The van der Waals surface area contributed by atoms with Crippen LogP contribution >= 0.6 is 0 Å². The summed E-state index contributed by atoms with van der Waals surface area (Å²) >= 11 is 0. The van der Waals surface area contributed by atoms with E-state index in [0.29, 0.717) is 44.3 Å². The van der Waals surface area contributed by atoms with Gasteiger partial charge in [-0.05, 0) is 24.3 Å². The topological polar surface area (TPSA) is 91.9 Å². The molecular weight excluding hydrogens is 324 g/mol. The Balaban J connectivity index is 1.71. The van der Waals surface area contributed by atoms with Gasteiger partial charge in [-0.2, -0.15) is 0 Å². The number of hydrogen-bond acceptors (Lipinski definition) is 6. The molecule has 1 aliphatic heterocycles. The summed E-state index contributed by atoms with van der Waals surface area (Å²) in [6.45, 7) is 4.65. The second-order valence-corrected chi connectivity index (χ2v) is 5.73. The highest BCUT2D eigenvalue weighted by atomic mass is 16.5. The third-order valence-corrected chi connectivity index (χ3v) is 3.69. The number of anilines is 2. The van der Waals surface area contributed by atoms with Crippen molar-refractivity contribution in [3.63, 3.8) is 0 Å². The first kappa shape index (κ1) is 19.3. The van der Waals surface area contributed by atoms with Gasteiger partial charge in [-0.25, -0.2) is 0 Å². The number of nitrogens with zero attached hydrogens (tertiary/aromatic N) is 1. The Labute approximate surface area is 147 Å². The van der Waals surface area contributed by atoms with E-state index in [1.165, 1.54) is 0 Å². The largest absolute Gasteiger partial charge is 0.383 e. The molecule has 138 valence electrons. The first-order chi connectivity index (χ1) is 12.2. The molecule has 0 radical (unpaired) electrons. The second kappa shape index (κ2) is 10.8. The van der Waals surface area contributed by atoms with Crippen molar-refractivity contribution in [1.82, 2.24) is 10.2 Å². The molecule has 0 atom stereocenters. The fourth-order valence-corrected chi connectivity index (χ4v) is 2.38. The second-order valence-electron chi connectivity index (χ2n) is 5.73. The number of ether oxygens (including phenoxy) is 2. The van der Waals surface area contributed by atoms with E-state index in [0.717, 1.165) is 13.1 Å². The van der Waals surface area contributed by atoms with Gasteiger partial charge in [0.15, 0.2) is 0 Å². The fraction of sp³-hybridized carbons (Fsp3) is 0.529. The molecule has 1 aromatic carbocycles. The lowest BCUT2D eigenvalue weighted by molar-refractivity contribution is -0.118. The molecule has 0 saturated carbocycles. The minimum Gasteiger partial charge on any atom is -0.383 e. The van der Waals surface area contributed by atoms with Gasteiger partial charge in [0, 0.05) is 38.1 Å². The molecule has 0 unspecified atom stereocenters. The van der Waals surface area contributed by atoms with Gasteiger partial charge >= 0.3 is 0 Å². The third-order valence-electron chi connectivity index (χ3n) is 3.69. The van der Waals surface area contributed by atoms with Crippen molar-refractivity contribution in [1.29, 1.82) is 0 Å². The van der Waals surface area contributed by atoms with Crippen molar-refractivity contribution < 1.29 is 19.1 Å². The maximum Gasteiger partial charge on any atom is 0.238 e. The number of hydrogen-bond donors (Lipinski definition) is 3. The lowest BCUT2D eigenvalue weighted by atomic mass is 10.2. The number of benzene rings is 1. The number of carbonyl (C=O) groups excluding carboxylic acids is 2. The Hall–Kier alpha value is -2.00. The van der Waals surface area contributed by atoms with Crippen molar-refractivity contribution in [2.45, 2.75) is 0 Å². The van der Waals surface area contributed by atoms with Gasteiger partial charge in [-0.3, -0.25) is 14.5 Å². The zero-order chi connectivity index (χ0) is 17.9. The van der Waals surface area contributed by atoms with Gasteiger partial charge in [0.2, 0.25) is 11.8 Å². The Morgan fingerprint density at radius 2 is 1.68 bits per heavy atom. The average Bonchev–Trinajstić information content (AvgIpc) is 2.61. The van der Waals surface area contributed by atoms with Gasteiger partial charge < -0.3 is 25.4 Å². The summed E-state index contributed by atoms with van der Waals surface area (Å²) in [7, 11) is 1.61. The van der Waals surface area contributed by atoms with Gasteiger partial charge in [-0.1, -0.05) is 0 Å². The molecule has 1 fully saturated rings. The monoisotopic (exact) mass is 350 g/mol. The predicted molar refractivity (Wildman–Crippen MR) is 95.7 cm³/mol. The maximum atomic E-state index is 12.0. The summed E-state index contributed by atoms with van der Waals surface area (Å²) in [5, 5.41) is 8.62.